The van der Waals surface area contributed by atoms with E-state index in [0.717, 1.165) is 0 Å². The summed E-state index contributed by atoms with van der Waals surface area (Å²) in [7, 11) is 0. The highest BCUT2D eigenvalue weighted by Crippen LogP contribution is 2.24. The van der Waals surface area contributed by atoms with Gasteiger partial charge in [0.15, 0.2) is 0 Å². The van der Waals surface area contributed by atoms with E-state index in [4.69, 9.17) is 21.4 Å². The number of benzene rings is 1. The Balaban J connectivity index is 2.23. The lowest BCUT2D eigenvalue weighted by Gasteiger charge is -2.07. The van der Waals surface area contributed by atoms with Crippen molar-refractivity contribution >= 4 is 11.6 Å². The molecule has 0 unspecified atom stereocenters. The first-order valence-corrected chi connectivity index (χ1v) is 5.15. The summed E-state index contributed by atoms with van der Waals surface area (Å²) in [4.78, 5) is 4.05. The van der Waals surface area contributed by atoms with Gasteiger partial charge in [-0.3, -0.25) is 0 Å². The molecule has 4 heteroatoms. The van der Waals surface area contributed by atoms with Gasteiger partial charge in [0.05, 0.1) is 6.61 Å². The SMILES string of the molecule is OCc1cccnc1Oc1ccc(Cl)cc1. The van der Waals surface area contributed by atoms with Crippen LogP contribution >= 0.6 is 11.6 Å². The summed E-state index contributed by atoms with van der Waals surface area (Å²) in [6.07, 6.45) is 1.62. The summed E-state index contributed by atoms with van der Waals surface area (Å²) in [5, 5.41) is 9.75. The molecule has 0 fully saturated rings. The first-order valence-electron chi connectivity index (χ1n) is 4.78. The first-order chi connectivity index (χ1) is 7.79. The Hall–Kier alpha value is -1.58. The molecule has 0 bridgehead atoms. The fourth-order valence-corrected chi connectivity index (χ4v) is 1.38. The number of hydrogen-bond acceptors (Lipinski definition) is 3. The summed E-state index contributed by atoms with van der Waals surface area (Å²) in [6.45, 7) is -0.100. The number of aromatic nitrogens is 1. The molecule has 82 valence electrons. The highest BCUT2D eigenvalue weighted by atomic mass is 35.5. The van der Waals surface area contributed by atoms with Gasteiger partial charge in [0.25, 0.3) is 0 Å². The second-order valence-corrected chi connectivity index (χ2v) is 3.62. The molecule has 0 amide bonds. The quantitative estimate of drug-likeness (QED) is 0.889. The molecule has 1 heterocycles. The van der Waals surface area contributed by atoms with Gasteiger partial charge in [0.1, 0.15) is 5.75 Å². The number of pyridine rings is 1. The molecule has 0 aliphatic carbocycles. The van der Waals surface area contributed by atoms with Crippen molar-refractivity contribution in [3.63, 3.8) is 0 Å². The number of ether oxygens (including phenoxy) is 1. The third-order valence-electron chi connectivity index (χ3n) is 2.05. The molecule has 2 aromatic rings. The lowest BCUT2D eigenvalue weighted by atomic mass is 10.3. The van der Waals surface area contributed by atoms with Gasteiger partial charge >= 0.3 is 0 Å². The highest BCUT2D eigenvalue weighted by Gasteiger charge is 2.04. The van der Waals surface area contributed by atoms with Gasteiger partial charge in [0.2, 0.25) is 5.88 Å². The smallest absolute Gasteiger partial charge is 0.224 e. The normalized spacial score (nSPS) is 10.1. The van der Waals surface area contributed by atoms with E-state index in [-0.39, 0.29) is 6.61 Å². The van der Waals surface area contributed by atoms with Crippen molar-refractivity contribution < 1.29 is 9.84 Å². The highest BCUT2D eigenvalue weighted by molar-refractivity contribution is 6.30. The molecule has 0 radical (unpaired) electrons. The van der Waals surface area contributed by atoms with E-state index in [9.17, 15) is 0 Å². The van der Waals surface area contributed by atoms with Gasteiger partial charge in [0, 0.05) is 16.8 Å². The van der Waals surface area contributed by atoms with Gasteiger partial charge in [-0.1, -0.05) is 11.6 Å². The number of rotatable bonds is 3. The molecular weight excluding hydrogens is 226 g/mol. The van der Waals surface area contributed by atoms with Crippen LogP contribution in [0.25, 0.3) is 0 Å². The molecule has 2 rings (SSSR count). The molecule has 1 aromatic heterocycles. The van der Waals surface area contributed by atoms with Crippen LogP contribution in [-0.2, 0) is 6.61 Å². The van der Waals surface area contributed by atoms with Crippen LogP contribution in [0.1, 0.15) is 5.56 Å². The van der Waals surface area contributed by atoms with Crippen LogP contribution < -0.4 is 4.74 Å². The lowest BCUT2D eigenvalue weighted by Crippen LogP contribution is -1.93. The van der Waals surface area contributed by atoms with E-state index in [2.05, 4.69) is 4.98 Å². The Labute approximate surface area is 98.3 Å². The average molecular weight is 236 g/mol. The Morgan fingerprint density at radius 1 is 1.19 bits per heavy atom. The zero-order chi connectivity index (χ0) is 11.4. The van der Waals surface area contributed by atoms with Crippen LogP contribution in [0.3, 0.4) is 0 Å². The van der Waals surface area contributed by atoms with Gasteiger partial charge < -0.3 is 9.84 Å². The van der Waals surface area contributed by atoms with E-state index in [1.807, 2.05) is 0 Å². The first kappa shape index (κ1) is 10.9. The topological polar surface area (TPSA) is 42.4 Å². The second kappa shape index (κ2) is 4.96. The molecule has 0 aliphatic rings. The van der Waals surface area contributed by atoms with Gasteiger partial charge in [-0.25, -0.2) is 4.98 Å². The molecule has 16 heavy (non-hydrogen) atoms. The lowest BCUT2D eigenvalue weighted by molar-refractivity contribution is 0.275. The van der Waals surface area contributed by atoms with Crippen molar-refractivity contribution in [3.05, 3.63) is 53.2 Å². The van der Waals surface area contributed by atoms with E-state index >= 15 is 0 Å². The largest absolute Gasteiger partial charge is 0.439 e. The Bertz CT molecular complexity index is 471. The Morgan fingerprint density at radius 3 is 2.62 bits per heavy atom. The Morgan fingerprint density at radius 2 is 1.94 bits per heavy atom. The number of halogens is 1. The molecule has 1 aromatic carbocycles. The summed E-state index contributed by atoms with van der Waals surface area (Å²) < 4.78 is 5.53. The van der Waals surface area contributed by atoms with E-state index in [1.165, 1.54) is 0 Å². The fourth-order valence-electron chi connectivity index (χ4n) is 1.25. The molecule has 3 nitrogen and oxygen atoms in total. The maximum atomic E-state index is 9.10. The summed E-state index contributed by atoms with van der Waals surface area (Å²) in [5.41, 5.74) is 0.650. The number of nitrogens with zero attached hydrogens (tertiary/aromatic N) is 1. The zero-order valence-electron chi connectivity index (χ0n) is 8.43. The number of aliphatic hydroxyl groups excluding tert-OH is 1. The van der Waals surface area contributed by atoms with Crippen molar-refractivity contribution in [2.75, 3.05) is 0 Å². The van der Waals surface area contributed by atoms with Crippen molar-refractivity contribution in [1.82, 2.24) is 4.98 Å². The predicted molar refractivity (Wildman–Crippen MR) is 61.7 cm³/mol. The molecule has 0 saturated heterocycles. The summed E-state index contributed by atoms with van der Waals surface area (Å²) >= 11 is 5.76. The van der Waals surface area contributed by atoms with Crippen molar-refractivity contribution in [2.24, 2.45) is 0 Å². The molecule has 0 saturated carbocycles. The zero-order valence-corrected chi connectivity index (χ0v) is 9.19. The Kier molecular flexibility index (Phi) is 3.39. The van der Waals surface area contributed by atoms with E-state index < -0.39 is 0 Å². The minimum absolute atomic E-state index is 0.100. The average Bonchev–Trinajstić information content (AvgIpc) is 2.33. The van der Waals surface area contributed by atoms with Crippen LogP contribution in [-0.4, -0.2) is 10.1 Å². The molecular formula is C12H10ClNO2. The monoisotopic (exact) mass is 235 g/mol. The van der Waals surface area contributed by atoms with E-state index in [0.29, 0.717) is 22.2 Å². The third kappa shape index (κ3) is 2.51. The van der Waals surface area contributed by atoms with Crippen molar-refractivity contribution in [2.45, 2.75) is 6.61 Å². The van der Waals surface area contributed by atoms with Crippen LogP contribution in [0, 0.1) is 0 Å². The standard InChI is InChI=1S/C12H10ClNO2/c13-10-3-5-11(6-4-10)16-12-9(8-15)2-1-7-14-12/h1-7,15H,8H2. The van der Waals surface area contributed by atoms with Gasteiger partial charge in [-0.15, -0.1) is 0 Å². The van der Waals surface area contributed by atoms with Gasteiger partial charge in [-0.05, 0) is 36.4 Å². The summed E-state index contributed by atoms with van der Waals surface area (Å²) in [6, 6.07) is 10.5. The second-order valence-electron chi connectivity index (χ2n) is 3.18. The maximum Gasteiger partial charge on any atom is 0.224 e. The predicted octanol–water partition coefficient (Wildman–Crippen LogP) is 3.02. The minimum atomic E-state index is -0.100. The fraction of sp³-hybridized carbons (Fsp3) is 0.0833. The molecule has 1 N–H and O–H groups in total. The van der Waals surface area contributed by atoms with Crippen LogP contribution in [0.5, 0.6) is 11.6 Å². The minimum Gasteiger partial charge on any atom is -0.439 e. The van der Waals surface area contributed by atoms with Crippen molar-refractivity contribution in [3.8, 4) is 11.6 Å². The van der Waals surface area contributed by atoms with Crippen molar-refractivity contribution in [1.29, 1.82) is 0 Å². The molecule has 0 atom stereocenters. The van der Waals surface area contributed by atoms with E-state index in [1.54, 1.807) is 42.6 Å². The van der Waals surface area contributed by atoms with Crippen LogP contribution in [0.15, 0.2) is 42.6 Å². The number of hydrogen-bond donors (Lipinski definition) is 1. The number of aliphatic hydroxyl groups is 1. The molecule has 0 spiro atoms. The van der Waals surface area contributed by atoms with Crippen LogP contribution in [0.2, 0.25) is 5.02 Å². The third-order valence-corrected chi connectivity index (χ3v) is 2.30. The molecule has 0 aliphatic heterocycles. The van der Waals surface area contributed by atoms with Gasteiger partial charge in [-0.2, -0.15) is 0 Å². The maximum absolute atomic E-state index is 9.10. The summed E-state index contributed by atoms with van der Waals surface area (Å²) in [5.74, 6) is 1.05. The van der Waals surface area contributed by atoms with Crippen LogP contribution in [0.4, 0.5) is 0 Å².